The Kier molecular flexibility index (Phi) is 6.26. The van der Waals surface area contributed by atoms with Crippen LogP contribution in [0.1, 0.15) is 27.2 Å². The SMILES string of the molecule is Cc1ccc(CSc2nc(CC(=O)Nc3ccc(C(N)=O)cc3)cs2)cc1. The molecule has 0 saturated carbocycles. The van der Waals surface area contributed by atoms with Gasteiger partial charge < -0.3 is 11.1 Å². The molecule has 0 unspecified atom stereocenters. The maximum absolute atomic E-state index is 12.2. The molecule has 2 amide bonds. The molecule has 0 atom stereocenters. The number of primary amides is 1. The number of aryl methyl sites for hydroxylation is 1. The predicted molar refractivity (Wildman–Crippen MR) is 110 cm³/mol. The predicted octanol–water partition coefficient (Wildman–Crippen LogP) is 4.02. The Hall–Kier alpha value is -2.64. The molecule has 0 bridgehead atoms. The molecular formula is C20H19N3O2S2. The lowest BCUT2D eigenvalue weighted by Gasteiger charge is -2.04. The van der Waals surface area contributed by atoms with Crippen LogP contribution in [0.4, 0.5) is 5.69 Å². The van der Waals surface area contributed by atoms with Crippen LogP contribution in [-0.4, -0.2) is 16.8 Å². The van der Waals surface area contributed by atoms with E-state index in [1.807, 2.05) is 5.38 Å². The molecule has 0 aliphatic heterocycles. The number of nitrogens with zero attached hydrogens (tertiary/aromatic N) is 1. The molecule has 0 aliphatic rings. The number of hydrogen-bond acceptors (Lipinski definition) is 5. The molecule has 0 radical (unpaired) electrons. The van der Waals surface area contributed by atoms with E-state index < -0.39 is 5.91 Å². The highest BCUT2D eigenvalue weighted by molar-refractivity contribution is 8.00. The second kappa shape index (κ2) is 8.83. The number of nitrogens with one attached hydrogen (secondary N) is 1. The summed E-state index contributed by atoms with van der Waals surface area (Å²) in [5, 5.41) is 4.71. The van der Waals surface area contributed by atoms with E-state index in [0.717, 1.165) is 15.8 Å². The topological polar surface area (TPSA) is 85.1 Å². The summed E-state index contributed by atoms with van der Waals surface area (Å²) in [6.07, 6.45) is 0.208. The number of thioether (sulfide) groups is 1. The van der Waals surface area contributed by atoms with Gasteiger partial charge in [0.1, 0.15) is 4.34 Å². The summed E-state index contributed by atoms with van der Waals surface area (Å²) in [5.74, 6) is 0.208. The van der Waals surface area contributed by atoms with E-state index in [0.29, 0.717) is 11.3 Å². The summed E-state index contributed by atoms with van der Waals surface area (Å²) < 4.78 is 0.948. The maximum atomic E-state index is 12.2. The average Bonchev–Trinajstić information content (AvgIpc) is 3.09. The smallest absolute Gasteiger partial charge is 0.248 e. The zero-order valence-electron chi connectivity index (χ0n) is 14.8. The molecule has 2 aromatic carbocycles. The van der Waals surface area contributed by atoms with Crippen molar-refractivity contribution >= 4 is 40.6 Å². The molecule has 138 valence electrons. The van der Waals surface area contributed by atoms with Crippen molar-refractivity contribution in [1.29, 1.82) is 0 Å². The van der Waals surface area contributed by atoms with Crippen molar-refractivity contribution in [3.63, 3.8) is 0 Å². The number of benzene rings is 2. The van der Waals surface area contributed by atoms with Crippen LogP contribution >= 0.6 is 23.1 Å². The largest absolute Gasteiger partial charge is 0.366 e. The molecular weight excluding hydrogens is 378 g/mol. The van der Waals surface area contributed by atoms with Crippen LogP contribution in [-0.2, 0) is 17.0 Å². The number of amides is 2. The molecule has 0 aliphatic carbocycles. The first kappa shape index (κ1) is 19.1. The van der Waals surface area contributed by atoms with E-state index in [4.69, 9.17) is 5.73 Å². The highest BCUT2D eigenvalue weighted by Gasteiger charge is 2.09. The van der Waals surface area contributed by atoms with Crippen molar-refractivity contribution in [2.45, 2.75) is 23.4 Å². The van der Waals surface area contributed by atoms with Crippen molar-refractivity contribution < 1.29 is 9.59 Å². The summed E-state index contributed by atoms with van der Waals surface area (Å²) >= 11 is 3.21. The fourth-order valence-electron chi connectivity index (χ4n) is 2.35. The van der Waals surface area contributed by atoms with Crippen LogP contribution in [0.5, 0.6) is 0 Å². The van der Waals surface area contributed by atoms with E-state index in [-0.39, 0.29) is 12.3 Å². The Bertz CT molecular complexity index is 935. The lowest BCUT2D eigenvalue weighted by molar-refractivity contribution is -0.115. The van der Waals surface area contributed by atoms with Gasteiger partial charge in [-0.15, -0.1) is 11.3 Å². The van der Waals surface area contributed by atoms with Gasteiger partial charge in [0.15, 0.2) is 0 Å². The van der Waals surface area contributed by atoms with Crippen LogP contribution in [0.25, 0.3) is 0 Å². The molecule has 0 fully saturated rings. The number of rotatable bonds is 7. The second-order valence-corrected chi connectivity index (χ2v) is 8.13. The number of carbonyl (C=O) groups is 2. The van der Waals surface area contributed by atoms with E-state index in [2.05, 4.69) is 41.5 Å². The zero-order valence-corrected chi connectivity index (χ0v) is 16.4. The minimum absolute atomic E-state index is 0.151. The molecule has 27 heavy (non-hydrogen) atoms. The van der Waals surface area contributed by atoms with Gasteiger partial charge in [-0.1, -0.05) is 41.6 Å². The second-order valence-electron chi connectivity index (χ2n) is 6.05. The van der Waals surface area contributed by atoms with Gasteiger partial charge >= 0.3 is 0 Å². The van der Waals surface area contributed by atoms with Gasteiger partial charge in [-0.3, -0.25) is 9.59 Å². The third-order valence-electron chi connectivity index (χ3n) is 3.81. The van der Waals surface area contributed by atoms with Crippen LogP contribution in [0, 0.1) is 6.92 Å². The van der Waals surface area contributed by atoms with Crippen LogP contribution in [0.2, 0.25) is 0 Å². The Morgan fingerprint density at radius 1 is 1.11 bits per heavy atom. The monoisotopic (exact) mass is 397 g/mol. The minimum atomic E-state index is -0.494. The fraction of sp³-hybridized carbons (Fsp3) is 0.150. The summed E-state index contributed by atoms with van der Waals surface area (Å²) in [6, 6.07) is 14.9. The number of anilines is 1. The van der Waals surface area contributed by atoms with Crippen LogP contribution in [0.15, 0.2) is 58.3 Å². The molecule has 7 heteroatoms. The van der Waals surface area contributed by atoms with Crippen LogP contribution < -0.4 is 11.1 Å². The van der Waals surface area contributed by atoms with Crippen molar-refractivity contribution in [2.24, 2.45) is 5.73 Å². The van der Waals surface area contributed by atoms with Crippen molar-refractivity contribution in [3.05, 3.63) is 76.3 Å². The number of thiazole rings is 1. The van der Waals surface area contributed by atoms with Gasteiger partial charge in [-0.25, -0.2) is 4.98 Å². The minimum Gasteiger partial charge on any atom is -0.366 e. The highest BCUT2D eigenvalue weighted by Crippen LogP contribution is 2.26. The number of carbonyl (C=O) groups excluding carboxylic acids is 2. The third-order valence-corrected chi connectivity index (χ3v) is 5.95. The van der Waals surface area contributed by atoms with E-state index in [1.54, 1.807) is 47.4 Å². The van der Waals surface area contributed by atoms with Gasteiger partial charge in [0, 0.05) is 22.4 Å². The van der Waals surface area contributed by atoms with Gasteiger partial charge in [0.25, 0.3) is 0 Å². The van der Waals surface area contributed by atoms with Gasteiger partial charge in [-0.2, -0.15) is 0 Å². The normalized spacial score (nSPS) is 10.6. The standard InChI is InChI=1S/C20H19N3O2S2/c1-13-2-4-14(5-3-13)11-26-20-23-17(12-27-20)10-18(24)22-16-8-6-15(7-9-16)19(21)25/h2-9,12H,10-11H2,1H3,(H2,21,25)(H,22,24). The Morgan fingerprint density at radius 3 is 2.48 bits per heavy atom. The summed E-state index contributed by atoms with van der Waals surface area (Å²) in [4.78, 5) is 27.8. The summed E-state index contributed by atoms with van der Waals surface area (Å²) in [6.45, 7) is 2.07. The molecule has 3 rings (SSSR count). The lowest BCUT2D eigenvalue weighted by atomic mass is 10.2. The molecule has 3 N–H and O–H groups in total. The Balaban J connectivity index is 1.51. The number of nitrogens with two attached hydrogens (primary N) is 1. The van der Waals surface area contributed by atoms with Gasteiger partial charge in [-0.05, 0) is 36.8 Å². The zero-order chi connectivity index (χ0) is 19.2. The van der Waals surface area contributed by atoms with Crippen molar-refractivity contribution in [2.75, 3.05) is 5.32 Å². The van der Waals surface area contributed by atoms with Gasteiger partial charge in [0.05, 0.1) is 12.1 Å². The number of aromatic nitrogens is 1. The van der Waals surface area contributed by atoms with Crippen molar-refractivity contribution in [1.82, 2.24) is 4.98 Å². The summed E-state index contributed by atoms with van der Waals surface area (Å²) in [5.41, 5.74) is 9.47. The first-order chi connectivity index (χ1) is 13.0. The molecule has 0 spiro atoms. The first-order valence-corrected chi connectivity index (χ1v) is 10.2. The van der Waals surface area contributed by atoms with Crippen molar-refractivity contribution in [3.8, 4) is 0 Å². The van der Waals surface area contributed by atoms with E-state index in [1.165, 1.54) is 11.1 Å². The molecule has 1 heterocycles. The quantitative estimate of drug-likeness (QED) is 0.590. The molecule has 5 nitrogen and oxygen atoms in total. The fourth-order valence-corrected chi connectivity index (χ4v) is 4.15. The Morgan fingerprint density at radius 2 is 1.81 bits per heavy atom. The van der Waals surface area contributed by atoms with Crippen LogP contribution in [0.3, 0.4) is 0 Å². The van der Waals surface area contributed by atoms with E-state index in [9.17, 15) is 9.59 Å². The molecule has 3 aromatic rings. The number of hydrogen-bond donors (Lipinski definition) is 2. The Labute approximate surface area is 166 Å². The first-order valence-electron chi connectivity index (χ1n) is 8.32. The molecule has 1 aromatic heterocycles. The third kappa shape index (κ3) is 5.67. The molecule has 0 saturated heterocycles. The lowest BCUT2D eigenvalue weighted by Crippen LogP contribution is -2.15. The summed E-state index contributed by atoms with van der Waals surface area (Å²) in [7, 11) is 0. The van der Waals surface area contributed by atoms with Gasteiger partial charge in [0.2, 0.25) is 11.8 Å². The average molecular weight is 398 g/mol. The van der Waals surface area contributed by atoms with E-state index >= 15 is 0 Å². The highest BCUT2D eigenvalue weighted by atomic mass is 32.2. The maximum Gasteiger partial charge on any atom is 0.248 e.